The van der Waals surface area contributed by atoms with Crippen molar-refractivity contribution in [3.63, 3.8) is 0 Å². The van der Waals surface area contributed by atoms with E-state index in [0.717, 1.165) is 11.3 Å². The van der Waals surface area contributed by atoms with Gasteiger partial charge in [0, 0.05) is 18.7 Å². The molecule has 34 heavy (non-hydrogen) atoms. The normalized spacial score (nSPS) is 12.7. The van der Waals surface area contributed by atoms with Crippen LogP contribution in [0.1, 0.15) is 38.1 Å². The first-order valence-electron chi connectivity index (χ1n) is 10.6. The van der Waals surface area contributed by atoms with E-state index in [0.29, 0.717) is 23.3 Å². The van der Waals surface area contributed by atoms with Crippen LogP contribution in [0.4, 0.5) is 5.13 Å². The number of anilines is 1. The van der Waals surface area contributed by atoms with Crippen LogP contribution in [0.15, 0.2) is 52.3 Å². The molecule has 0 spiro atoms. The number of thiazole rings is 1. The summed E-state index contributed by atoms with van der Waals surface area (Å²) < 4.78 is 51.4. The van der Waals surface area contributed by atoms with E-state index in [4.69, 9.17) is 5.14 Å². The second-order valence-corrected chi connectivity index (χ2v) is 13.3. The fraction of sp³-hybridized carbons (Fsp3) is 0.364. The van der Waals surface area contributed by atoms with Crippen LogP contribution in [0.2, 0.25) is 0 Å². The van der Waals surface area contributed by atoms with Crippen molar-refractivity contribution in [1.29, 1.82) is 0 Å². The molecule has 3 aromatic rings. The molecule has 9 nitrogen and oxygen atoms in total. The monoisotopic (exact) mass is 524 g/mol. The van der Waals surface area contributed by atoms with Gasteiger partial charge in [-0.15, -0.1) is 0 Å². The highest BCUT2D eigenvalue weighted by atomic mass is 32.2. The lowest BCUT2D eigenvalue weighted by Gasteiger charge is -2.25. The highest BCUT2D eigenvalue weighted by Crippen LogP contribution is 2.28. The van der Waals surface area contributed by atoms with Crippen LogP contribution in [-0.2, 0) is 20.0 Å². The van der Waals surface area contributed by atoms with Gasteiger partial charge < -0.3 is 0 Å². The maximum atomic E-state index is 13.1. The van der Waals surface area contributed by atoms with E-state index in [1.54, 1.807) is 0 Å². The molecule has 184 valence electrons. The molecule has 1 aromatic heterocycles. The Hall–Kier alpha value is -2.38. The highest BCUT2D eigenvalue weighted by Gasteiger charge is 2.26. The number of benzene rings is 2. The zero-order chi connectivity index (χ0) is 25.3. The molecule has 0 atom stereocenters. The Morgan fingerprint density at radius 1 is 0.971 bits per heavy atom. The molecule has 12 heteroatoms. The van der Waals surface area contributed by atoms with Gasteiger partial charge in [-0.25, -0.2) is 27.0 Å². The summed E-state index contributed by atoms with van der Waals surface area (Å²) in [6.45, 7) is 8.69. The van der Waals surface area contributed by atoms with Crippen LogP contribution in [0.25, 0.3) is 10.2 Å². The minimum absolute atomic E-state index is 0.0395. The average Bonchev–Trinajstić information content (AvgIpc) is 3.13. The van der Waals surface area contributed by atoms with E-state index >= 15 is 0 Å². The highest BCUT2D eigenvalue weighted by molar-refractivity contribution is 7.89. The molecule has 1 heterocycles. The molecular weight excluding hydrogens is 496 g/mol. The summed E-state index contributed by atoms with van der Waals surface area (Å²) in [5.41, 5.74) is 0.784. The van der Waals surface area contributed by atoms with Crippen LogP contribution in [-0.4, -0.2) is 45.1 Å². The second kappa shape index (κ2) is 10.1. The van der Waals surface area contributed by atoms with Crippen LogP contribution in [0.3, 0.4) is 0 Å². The zero-order valence-corrected chi connectivity index (χ0v) is 21.8. The van der Waals surface area contributed by atoms with E-state index in [1.165, 1.54) is 46.8 Å². The van der Waals surface area contributed by atoms with Gasteiger partial charge >= 0.3 is 0 Å². The Kier molecular flexibility index (Phi) is 7.78. The van der Waals surface area contributed by atoms with E-state index in [-0.39, 0.29) is 32.3 Å². The smallest absolute Gasteiger partial charge is 0.257 e. The molecule has 0 saturated heterocycles. The van der Waals surface area contributed by atoms with Gasteiger partial charge in [0.15, 0.2) is 5.13 Å². The van der Waals surface area contributed by atoms with Crippen molar-refractivity contribution in [3.05, 3.63) is 48.0 Å². The number of fused-ring (bicyclic) bond motifs is 1. The number of aromatic nitrogens is 1. The second-order valence-electron chi connectivity index (χ2n) is 8.78. The van der Waals surface area contributed by atoms with Crippen molar-refractivity contribution in [2.45, 2.75) is 37.5 Å². The summed E-state index contributed by atoms with van der Waals surface area (Å²) in [5, 5.41) is 8.11. The van der Waals surface area contributed by atoms with Crippen LogP contribution < -0.4 is 10.5 Å². The molecule has 0 fully saturated rings. The number of sulfonamides is 2. The number of nitrogens with one attached hydrogen (secondary N) is 1. The number of nitrogens with two attached hydrogens (primary N) is 1. The van der Waals surface area contributed by atoms with Crippen LogP contribution in [0.5, 0.6) is 0 Å². The topological polar surface area (TPSA) is 140 Å². The number of carbonyl (C=O) groups is 1. The SMILES string of the molecule is CC(C)CN(CC(C)C)S(=O)(=O)c1ccc(C(=O)Nc2nc3ccc(S(N)(=O)=O)cc3s2)cc1. The molecular formula is C22H28N4O5S3. The third-order valence-electron chi connectivity index (χ3n) is 4.80. The van der Waals surface area contributed by atoms with Crippen molar-refractivity contribution in [2.24, 2.45) is 17.0 Å². The van der Waals surface area contributed by atoms with Gasteiger partial charge in [-0.1, -0.05) is 39.0 Å². The quantitative estimate of drug-likeness (QED) is 0.439. The Labute approximate surface area is 204 Å². The molecule has 1 amide bonds. The van der Waals surface area contributed by atoms with Crippen molar-refractivity contribution in [2.75, 3.05) is 18.4 Å². The first-order valence-corrected chi connectivity index (χ1v) is 14.4. The summed E-state index contributed by atoms with van der Waals surface area (Å²) in [7, 11) is -7.54. The van der Waals surface area contributed by atoms with E-state index in [2.05, 4.69) is 10.3 Å². The number of hydrogen-bond donors (Lipinski definition) is 2. The van der Waals surface area contributed by atoms with Crippen molar-refractivity contribution in [1.82, 2.24) is 9.29 Å². The fourth-order valence-corrected chi connectivity index (χ4v) is 6.60. The predicted molar refractivity (Wildman–Crippen MR) is 134 cm³/mol. The number of carbonyl (C=O) groups excluding carboxylic acids is 1. The molecule has 0 unspecified atom stereocenters. The standard InChI is InChI=1S/C22H28N4O5S3/c1-14(2)12-26(13-15(3)4)34(30,31)17-7-5-16(6-8-17)21(27)25-22-24-19-10-9-18(33(23,28)29)11-20(19)32-22/h5-11,14-15H,12-13H2,1-4H3,(H2,23,28,29)(H,24,25,27). The Balaban J connectivity index is 1.79. The number of rotatable bonds is 9. The molecule has 2 aromatic carbocycles. The van der Waals surface area contributed by atoms with Gasteiger partial charge in [0.05, 0.1) is 20.0 Å². The number of primary sulfonamides is 1. The van der Waals surface area contributed by atoms with Crippen molar-refractivity contribution < 1.29 is 21.6 Å². The molecule has 0 aliphatic carbocycles. The number of amides is 1. The summed E-state index contributed by atoms with van der Waals surface area (Å²) in [6.07, 6.45) is 0. The predicted octanol–water partition coefficient (Wildman–Crippen LogP) is 3.50. The van der Waals surface area contributed by atoms with Crippen molar-refractivity contribution >= 4 is 52.6 Å². The summed E-state index contributed by atoms with van der Waals surface area (Å²) in [5.74, 6) is -0.113. The number of hydrogen-bond acceptors (Lipinski definition) is 7. The van der Waals surface area contributed by atoms with Crippen LogP contribution >= 0.6 is 11.3 Å². The van der Waals surface area contributed by atoms with E-state index in [1.807, 2.05) is 27.7 Å². The first-order chi connectivity index (χ1) is 15.8. The summed E-state index contributed by atoms with van der Waals surface area (Å²) in [4.78, 5) is 17.1. The third-order valence-corrected chi connectivity index (χ3v) is 8.49. The Morgan fingerprint density at radius 3 is 2.06 bits per heavy atom. The lowest BCUT2D eigenvalue weighted by molar-refractivity contribution is 0.102. The largest absolute Gasteiger partial charge is 0.298 e. The Morgan fingerprint density at radius 2 is 1.53 bits per heavy atom. The number of nitrogens with zero attached hydrogens (tertiary/aromatic N) is 2. The maximum Gasteiger partial charge on any atom is 0.257 e. The Bertz CT molecular complexity index is 1390. The molecule has 0 radical (unpaired) electrons. The van der Waals surface area contributed by atoms with Gasteiger partial charge in [0.1, 0.15) is 0 Å². The fourth-order valence-electron chi connectivity index (χ4n) is 3.32. The molecule has 0 aliphatic heterocycles. The summed E-state index contributed by atoms with van der Waals surface area (Å²) >= 11 is 1.11. The molecule has 0 aliphatic rings. The summed E-state index contributed by atoms with van der Waals surface area (Å²) in [6, 6.07) is 10.0. The zero-order valence-electron chi connectivity index (χ0n) is 19.3. The van der Waals surface area contributed by atoms with E-state index in [9.17, 15) is 21.6 Å². The molecule has 0 bridgehead atoms. The van der Waals surface area contributed by atoms with Gasteiger partial charge in [0.25, 0.3) is 5.91 Å². The average molecular weight is 525 g/mol. The van der Waals surface area contributed by atoms with Gasteiger partial charge in [-0.3, -0.25) is 10.1 Å². The van der Waals surface area contributed by atoms with Gasteiger partial charge in [-0.05, 0) is 54.3 Å². The molecule has 0 saturated carbocycles. The molecule has 3 rings (SSSR count). The third kappa shape index (κ3) is 6.19. The minimum atomic E-state index is -3.85. The lowest BCUT2D eigenvalue weighted by Crippen LogP contribution is -2.37. The molecule has 3 N–H and O–H groups in total. The van der Waals surface area contributed by atoms with E-state index < -0.39 is 26.0 Å². The van der Waals surface area contributed by atoms with Crippen molar-refractivity contribution in [3.8, 4) is 0 Å². The lowest BCUT2D eigenvalue weighted by atomic mass is 10.2. The minimum Gasteiger partial charge on any atom is -0.298 e. The van der Waals surface area contributed by atoms with Gasteiger partial charge in [-0.2, -0.15) is 4.31 Å². The van der Waals surface area contributed by atoms with Gasteiger partial charge in [0.2, 0.25) is 20.0 Å². The maximum absolute atomic E-state index is 13.1. The van der Waals surface area contributed by atoms with Crippen LogP contribution in [0, 0.1) is 11.8 Å². The first kappa shape index (κ1) is 26.2.